The quantitative estimate of drug-likeness (QED) is 0.350. The number of aliphatic carboxylic acids is 1. The molecule has 0 aromatic carbocycles. The van der Waals surface area contributed by atoms with Crippen LogP contribution in [-0.4, -0.2) is 27.6 Å². The molecule has 6 nitrogen and oxygen atoms in total. The van der Waals surface area contributed by atoms with Gasteiger partial charge >= 0.3 is 109 Å². The largest absolute Gasteiger partial charge is 1.00 e. The number of carboxylic acid groups (broad SMARTS) is 1. The molecule has 0 aromatic rings. The summed E-state index contributed by atoms with van der Waals surface area (Å²) in [5.74, 6) is -1.04. The monoisotopic (exact) mass is 330 g/mol. The average molecular weight is 331 g/mol. The summed E-state index contributed by atoms with van der Waals surface area (Å²) < 4.78 is 0. The molecule has 0 rings (SSSR count). The molecule has 1 atom stereocenters. The second-order valence-corrected chi connectivity index (χ2v) is 3.20. The minimum Gasteiger partial charge on any atom is -0.719 e. The van der Waals surface area contributed by atoms with Crippen molar-refractivity contribution in [1.82, 2.24) is 5.32 Å². The summed E-state index contributed by atoms with van der Waals surface area (Å²) in [6, 6.07) is -0.829. The third-order valence-corrected chi connectivity index (χ3v) is 1.29. The van der Waals surface area contributed by atoms with E-state index < -0.39 is 22.5 Å². The first kappa shape index (κ1) is 27.5. The van der Waals surface area contributed by atoms with Crippen LogP contribution in [0.25, 0.3) is 0 Å². The van der Waals surface area contributed by atoms with E-state index in [2.05, 4.69) is 36.3 Å². The second kappa shape index (κ2) is 18.1. The van der Waals surface area contributed by atoms with E-state index in [4.69, 9.17) is 9.90 Å². The molecule has 0 aliphatic rings. The van der Waals surface area contributed by atoms with Crippen molar-refractivity contribution in [2.24, 2.45) is 5.73 Å². The summed E-state index contributed by atoms with van der Waals surface area (Å²) in [6.07, 6.45) is 1.12. The molecule has 17 heavy (non-hydrogen) atoms. The topological polar surface area (TPSA) is 109 Å². The molecule has 1 unspecified atom stereocenters. The Labute approximate surface area is 196 Å². The Bertz CT molecular complexity index is 240. The van der Waals surface area contributed by atoms with Gasteiger partial charge in [0.25, 0.3) is 0 Å². The number of rotatable bonds is 4. The number of hydrogen-bond donors (Lipinski definition) is 3. The molecule has 0 radical (unpaired) electrons. The molecule has 0 fully saturated rings. The Kier molecular flexibility index (Phi) is 29.3. The van der Waals surface area contributed by atoms with Crippen molar-refractivity contribution in [1.29, 1.82) is 0 Å². The minimum atomic E-state index is -1.04. The van der Waals surface area contributed by atoms with Crippen LogP contribution in [0.3, 0.4) is 0 Å². The van der Waals surface area contributed by atoms with E-state index in [-0.39, 0.29) is 103 Å². The minimum absolute atomic E-state index is 0. The molecule has 0 aliphatic heterocycles. The summed E-state index contributed by atoms with van der Waals surface area (Å²) in [6.45, 7) is 1.84. The average Bonchev–Trinajstić information content (AvgIpc) is 2.01. The zero-order valence-corrected chi connectivity index (χ0v) is 17.9. The van der Waals surface area contributed by atoms with E-state index in [9.17, 15) is 9.59 Å². The van der Waals surface area contributed by atoms with Gasteiger partial charge in [0.05, 0.1) is 10.5 Å². The molecule has 4 N–H and O–H groups in total. The van der Waals surface area contributed by atoms with Crippen LogP contribution in [0.5, 0.6) is 0 Å². The summed E-state index contributed by atoms with van der Waals surface area (Å²) in [7, 11) is 0. The molecule has 2 amide bonds. The maximum Gasteiger partial charge on any atom is 1.00 e. The molecule has 0 saturated carbocycles. The number of hydrogen-bond acceptors (Lipinski definition) is 5. The Morgan fingerprint density at radius 2 is 1.65 bits per heavy atom. The van der Waals surface area contributed by atoms with Crippen molar-refractivity contribution >= 4 is 41.7 Å². The predicted octanol–water partition coefficient (Wildman–Crippen LogP) is -5.88. The Hall–Kier alpha value is 2.12. The summed E-state index contributed by atoms with van der Waals surface area (Å²) in [4.78, 5) is 29.7. The van der Waals surface area contributed by atoms with Gasteiger partial charge in [0.15, 0.2) is 0 Å². The van der Waals surface area contributed by atoms with Gasteiger partial charge in [0, 0.05) is 0 Å². The molecule has 0 heterocycles. The van der Waals surface area contributed by atoms with Gasteiger partial charge in [0.1, 0.15) is 6.04 Å². The van der Waals surface area contributed by atoms with Crippen molar-refractivity contribution in [3.05, 3.63) is 0 Å². The smallest absolute Gasteiger partial charge is 0.719 e. The number of amides is 2. The third-order valence-electron chi connectivity index (χ3n) is 1.17. The number of primary amides is 1. The standard InChI is InChI=1S/C6H11NO3S.CH3NOS.2K/c1-2-3-4(5(8)9)7-6(10)11;2-1(3)4;;/h4H,2-3H2,1H3,(H,8,9)(H2,7,10,11);(H3,2,3,4);;/q;;2*+1/p-2. The maximum absolute atomic E-state index is 10.4. The molecule has 0 aliphatic carbocycles. The number of carbonyl (C=O) groups is 3. The van der Waals surface area contributed by atoms with Crippen LogP contribution in [0.15, 0.2) is 0 Å². The summed E-state index contributed by atoms with van der Waals surface area (Å²) in [5, 5.41) is 9.18. The molecule has 0 aromatic heterocycles. The van der Waals surface area contributed by atoms with Crippen LogP contribution in [-0.2, 0) is 30.1 Å². The van der Waals surface area contributed by atoms with E-state index in [1.54, 1.807) is 0 Å². The first-order chi connectivity index (χ1) is 6.81. The normalized spacial score (nSPS) is 9.24. The Morgan fingerprint density at radius 3 is 1.82 bits per heavy atom. The number of nitrogens with two attached hydrogens (primary N) is 1. The number of nitrogens with one attached hydrogen (secondary N) is 1. The van der Waals surface area contributed by atoms with Crippen LogP contribution in [0.4, 0.5) is 9.59 Å². The molecular formula is C7H12K2N2O4S2. The van der Waals surface area contributed by atoms with E-state index in [1.165, 1.54) is 0 Å². The van der Waals surface area contributed by atoms with Crippen molar-refractivity contribution in [3.63, 3.8) is 0 Å². The number of carbonyl (C=O) groups excluding carboxylic acids is 2. The van der Waals surface area contributed by atoms with Crippen LogP contribution >= 0.6 is 0 Å². The Balaban J connectivity index is -0.000000123. The Morgan fingerprint density at radius 1 is 1.29 bits per heavy atom. The van der Waals surface area contributed by atoms with E-state index in [0.29, 0.717) is 12.8 Å². The maximum atomic E-state index is 10.4. The molecule has 88 valence electrons. The van der Waals surface area contributed by atoms with Gasteiger partial charge in [-0.15, -0.1) is 0 Å². The zero-order chi connectivity index (χ0) is 12.4. The van der Waals surface area contributed by atoms with Crippen molar-refractivity contribution in [2.45, 2.75) is 25.8 Å². The van der Waals surface area contributed by atoms with Gasteiger partial charge in [-0.25, -0.2) is 4.79 Å². The molecule has 0 spiro atoms. The van der Waals surface area contributed by atoms with Gasteiger partial charge in [-0.1, -0.05) is 13.3 Å². The van der Waals surface area contributed by atoms with Crippen LogP contribution in [0.1, 0.15) is 19.8 Å². The van der Waals surface area contributed by atoms with Crippen molar-refractivity contribution in [2.75, 3.05) is 0 Å². The van der Waals surface area contributed by atoms with Gasteiger partial charge < -0.3 is 51.0 Å². The van der Waals surface area contributed by atoms with Crippen LogP contribution in [0, 0.1) is 0 Å². The van der Waals surface area contributed by atoms with E-state index in [1.807, 2.05) is 6.92 Å². The first-order valence-electron chi connectivity index (χ1n) is 3.98. The molecule has 0 bridgehead atoms. The molecule has 10 heteroatoms. The van der Waals surface area contributed by atoms with Gasteiger partial charge in [-0.05, 0) is 6.42 Å². The summed E-state index contributed by atoms with van der Waals surface area (Å²) >= 11 is 7.93. The van der Waals surface area contributed by atoms with Gasteiger partial charge in [-0.2, -0.15) is 0 Å². The van der Waals surface area contributed by atoms with Crippen molar-refractivity contribution < 1.29 is 122 Å². The zero-order valence-electron chi connectivity index (χ0n) is 10.1. The number of carboxylic acids is 1. The SMILES string of the molecule is CCCC(NC(=O)[S-])C(=O)O.NC(=O)[S-].[K+].[K+]. The van der Waals surface area contributed by atoms with E-state index in [0.717, 1.165) is 0 Å². The first-order valence-corrected chi connectivity index (χ1v) is 4.79. The fraction of sp³-hybridized carbons (Fsp3) is 0.571. The fourth-order valence-electron chi connectivity index (χ4n) is 0.688. The van der Waals surface area contributed by atoms with E-state index >= 15 is 0 Å². The van der Waals surface area contributed by atoms with Crippen LogP contribution in [0.2, 0.25) is 0 Å². The second-order valence-electron chi connectivity index (χ2n) is 2.43. The van der Waals surface area contributed by atoms with Gasteiger partial charge in [-0.3, -0.25) is 0 Å². The summed E-state index contributed by atoms with van der Waals surface area (Å²) in [5.41, 5.74) is 4.29. The van der Waals surface area contributed by atoms with Crippen molar-refractivity contribution in [3.8, 4) is 0 Å². The fourth-order valence-corrected chi connectivity index (χ4v) is 0.831. The molecule has 0 saturated heterocycles. The van der Waals surface area contributed by atoms with Gasteiger partial charge in [0.2, 0.25) is 0 Å². The predicted molar refractivity (Wildman–Crippen MR) is 59.2 cm³/mol. The molecular weight excluding hydrogens is 318 g/mol. The third kappa shape index (κ3) is 27.4. The van der Waals surface area contributed by atoms with Crippen LogP contribution < -0.4 is 114 Å².